The Morgan fingerprint density at radius 2 is 1.67 bits per heavy atom. The van der Waals surface area contributed by atoms with E-state index in [1.807, 2.05) is 6.92 Å². The minimum Gasteiger partial charge on any atom is -0.394 e. The van der Waals surface area contributed by atoms with Crippen molar-refractivity contribution in [2.45, 2.75) is 18.9 Å². The van der Waals surface area contributed by atoms with Crippen molar-refractivity contribution in [3.8, 4) is 0 Å². The van der Waals surface area contributed by atoms with Crippen LogP contribution in [0.5, 0.6) is 0 Å². The summed E-state index contributed by atoms with van der Waals surface area (Å²) >= 11 is 0. The molecule has 0 heterocycles. The molecule has 0 fully saturated rings. The predicted octanol–water partition coefficient (Wildman–Crippen LogP) is -0.759. The second-order valence-corrected chi connectivity index (χ2v) is 2.03. The summed E-state index contributed by atoms with van der Waals surface area (Å²) in [7, 11) is 0. The lowest BCUT2D eigenvalue weighted by molar-refractivity contribution is 0.118. The zero-order valence-electron chi connectivity index (χ0n) is 5.80. The van der Waals surface area contributed by atoms with Crippen molar-refractivity contribution in [3.63, 3.8) is 0 Å². The first-order valence-corrected chi connectivity index (χ1v) is 2.69. The molecular formula is C5H16N2O2. The molecule has 0 aromatic rings. The van der Waals surface area contributed by atoms with Crippen molar-refractivity contribution in [1.82, 2.24) is 6.15 Å². The van der Waals surface area contributed by atoms with E-state index in [2.05, 4.69) is 0 Å². The van der Waals surface area contributed by atoms with E-state index in [1.165, 1.54) is 0 Å². The van der Waals surface area contributed by atoms with Gasteiger partial charge in [-0.25, -0.2) is 0 Å². The number of hydrogen-bond donors (Lipinski definition) is 4. The fraction of sp³-hybridized carbons (Fsp3) is 1.00. The van der Waals surface area contributed by atoms with Crippen molar-refractivity contribution in [1.29, 1.82) is 0 Å². The Morgan fingerprint density at radius 1 is 1.33 bits per heavy atom. The average molecular weight is 136 g/mol. The number of hydrogen-bond acceptors (Lipinski definition) is 4. The van der Waals surface area contributed by atoms with Gasteiger partial charge < -0.3 is 22.1 Å². The van der Waals surface area contributed by atoms with Gasteiger partial charge in [0.2, 0.25) is 0 Å². The van der Waals surface area contributed by atoms with Crippen molar-refractivity contribution in [3.05, 3.63) is 0 Å². The monoisotopic (exact) mass is 136 g/mol. The van der Waals surface area contributed by atoms with Crippen LogP contribution in [0.2, 0.25) is 0 Å². The Morgan fingerprint density at radius 3 is 1.67 bits per heavy atom. The summed E-state index contributed by atoms with van der Waals surface area (Å²) in [4.78, 5) is 0. The molecule has 4 heteroatoms. The van der Waals surface area contributed by atoms with Crippen molar-refractivity contribution in [2.75, 3.05) is 13.2 Å². The minimum atomic E-state index is -0.764. The van der Waals surface area contributed by atoms with Gasteiger partial charge in [-0.1, -0.05) is 6.92 Å². The summed E-state index contributed by atoms with van der Waals surface area (Å²) in [6.07, 6.45) is 0.597. The molecule has 0 aromatic carbocycles. The summed E-state index contributed by atoms with van der Waals surface area (Å²) in [5.41, 5.74) is 4.63. The number of aliphatic hydroxyl groups is 2. The van der Waals surface area contributed by atoms with E-state index in [0.29, 0.717) is 6.42 Å². The molecule has 0 rings (SSSR count). The fourth-order valence-corrected chi connectivity index (χ4v) is 0.274. The van der Waals surface area contributed by atoms with Crippen LogP contribution in [0.1, 0.15) is 13.3 Å². The first-order valence-electron chi connectivity index (χ1n) is 2.69. The maximum Gasteiger partial charge on any atom is 0.0633 e. The van der Waals surface area contributed by atoms with Gasteiger partial charge in [0.05, 0.1) is 18.8 Å². The highest BCUT2D eigenvalue weighted by molar-refractivity contribution is 4.79. The van der Waals surface area contributed by atoms with Crippen LogP contribution in [0.4, 0.5) is 0 Å². The Bertz CT molecular complexity index is 55.7. The molecular weight excluding hydrogens is 120 g/mol. The Kier molecular flexibility index (Phi) is 6.06. The van der Waals surface area contributed by atoms with Crippen LogP contribution in [-0.4, -0.2) is 29.0 Å². The molecule has 0 atom stereocenters. The lowest BCUT2D eigenvalue weighted by Crippen LogP contribution is -2.46. The molecule has 0 spiro atoms. The van der Waals surface area contributed by atoms with Gasteiger partial charge in [-0.05, 0) is 6.42 Å². The minimum absolute atomic E-state index is 0. The van der Waals surface area contributed by atoms with Crippen LogP contribution in [0.3, 0.4) is 0 Å². The van der Waals surface area contributed by atoms with Gasteiger partial charge >= 0.3 is 0 Å². The van der Waals surface area contributed by atoms with Crippen molar-refractivity contribution < 1.29 is 10.2 Å². The fourth-order valence-electron chi connectivity index (χ4n) is 0.274. The van der Waals surface area contributed by atoms with Gasteiger partial charge in [0.15, 0.2) is 0 Å². The molecule has 0 amide bonds. The molecule has 7 N–H and O–H groups in total. The van der Waals surface area contributed by atoms with Gasteiger partial charge in [-0.15, -0.1) is 0 Å². The average Bonchev–Trinajstić information content (AvgIpc) is 1.87. The quantitative estimate of drug-likeness (QED) is 0.409. The topological polar surface area (TPSA) is 101 Å². The van der Waals surface area contributed by atoms with E-state index in [0.717, 1.165) is 0 Å². The molecule has 0 bridgehead atoms. The second-order valence-electron chi connectivity index (χ2n) is 2.03. The van der Waals surface area contributed by atoms with Gasteiger partial charge in [-0.3, -0.25) is 0 Å². The van der Waals surface area contributed by atoms with Crippen LogP contribution in [-0.2, 0) is 0 Å². The highest BCUT2D eigenvalue weighted by Gasteiger charge is 2.19. The SMILES string of the molecule is CCC(N)(CO)CO.N. The maximum absolute atomic E-state index is 8.50. The maximum atomic E-state index is 8.50. The van der Waals surface area contributed by atoms with E-state index in [-0.39, 0.29) is 19.4 Å². The standard InChI is InChI=1S/C5H13NO2.H3N/c1-2-5(6,3-7)4-8;/h7-8H,2-4,6H2,1H3;1H3. The smallest absolute Gasteiger partial charge is 0.0633 e. The summed E-state index contributed by atoms with van der Waals surface area (Å²) in [6.45, 7) is 1.52. The van der Waals surface area contributed by atoms with Gasteiger partial charge in [0, 0.05) is 0 Å². The first kappa shape index (κ1) is 11.6. The highest BCUT2D eigenvalue weighted by Crippen LogP contribution is 2.01. The highest BCUT2D eigenvalue weighted by atomic mass is 16.3. The number of aliphatic hydroxyl groups excluding tert-OH is 2. The van der Waals surface area contributed by atoms with E-state index >= 15 is 0 Å². The Balaban J connectivity index is 0. The van der Waals surface area contributed by atoms with E-state index in [4.69, 9.17) is 15.9 Å². The third-order valence-electron chi connectivity index (χ3n) is 1.33. The lowest BCUT2D eigenvalue weighted by atomic mass is 10.0. The van der Waals surface area contributed by atoms with E-state index < -0.39 is 5.54 Å². The first-order chi connectivity index (χ1) is 3.68. The normalized spacial score (nSPS) is 10.7. The molecule has 0 aliphatic heterocycles. The zero-order chi connectivity index (χ0) is 6.62. The largest absolute Gasteiger partial charge is 0.394 e. The summed E-state index contributed by atoms with van der Waals surface area (Å²) in [5.74, 6) is 0. The van der Waals surface area contributed by atoms with Crippen LogP contribution in [0.15, 0.2) is 0 Å². The molecule has 0 saturated carbocycles. The van der Waals surface area contributed by atoms with Crippen LogP contribution in [0.25, 0.3) is 0 Å². The molecule has 0 aromatic heterocycles. The number of nitrogens with two attached hydrogens (primary N) is 1. The van der Waals surface area contributed by atoms with E-state index in [9.17, 15) is 0 Å². The molecule has 0 saturated heterocycles. The Labute approximate surface area is 55.3 Å². The summed E-state index contributed by atoms with van der Waals surface area (Å²) in [6, 6.07) is 0. The van der Waals surface area contributed by atoms with Crippen LogP contribution in [0, 0.1) is 0 Å². The third-order valence-corrected chi connectivity index (χ3v) is 1.33. The summed E-state index contributed by atoms with van der Waals surface area (Å²) < 4.78 is 0. The molecule has 4 nitrogen and oxygen atoms in total. The van der Waals surface area contributed by atoms with Gasteiger partial charge in [0.25, 0.3) is 0 Å². The number of rotatable bonds is 3. The van der Waals surface area contributed by atoms with Gasteiger partial charge in [-0.2, -0.15) is 0 Å². The van der Waals surface area contributed by atoms with Crippen LogP contribution < -0.4 is 11.9 Å². The lowest BCUT2D eigenvalue weighted by Gasteiger charge is -2.21. The summed E-state index contributed by atoms with van der Waals surface area (Å²) in [5, 5.41) is 17.0. The molecule has 0 aliphatic rings. The van der Waals surface area contributed by atoms with Crippen molar-refractivity contribution in [2.24, 2.45) is 5.73 Å². The zero-order valence-corrected chi connectivity index (χ0v) is 5.80. The molecule has 0 aliphatic carbocycles. The Hall–Kier alpha value is -0.160. The third kappa shape index (κ3) is 3.42. The predicted molar refractivity (Wildman–Crippen MR) is 36.4 cm³/mol. The molecule has 58 valence electrons. The van der Waals surface area contributed by atoms with Crippen LogP contribution >= 0.6 is 0 Å². The molecule has 0 radical (unpaired) electrons. The van der Waals surface area contributed by atoms with Crippen molar-refractivity contribution >= 4 is 0 Å². The van der Waals surface area contributed by atoms with Gasteiger partial charge in [0.1, 0.15) is 0 Å². The second kappa shape index (κ2) is 4.69. The molecule has 9 heavy (non-hydrogen) atoms. The van der Waals surface area contributed by atoms with E-state index in [1.54, 1.807) is 0 Å². The molecule has 0 unspecified atom stereocenters.